The number of methoxy groups -OCH3 is 1. The van der Waals surface area contributed by atoms with Crippen molar-refractivity contribution >= 4 is 52.4 Å². The van der Waals surface area contributed by atoms with Crippen LogP contribution in [0.25, 0.3) is 16.4 Å². The number of carbonyl (C=O) groups is 1. The molecule has 1 aliphatic rings. The second-order valence-electron chi connectivity index (χ2n) is 7.64. The Labute approximate surface area is 210 Å². The van der Waals surface area contributed by atoms with Gasteiger partial charge in [0.15, 0.2) is 5.82 Å². The summed E-state index contributed by atoms with van der Waals surface area (Å²) in [7, 11) is 1.64. The van der Waals surface area contributed by atoms with Gasteiger partial charge in [-0.15, -0.1) is 21.5 Å². The van der Waals surface area contributed by atoms with E-state index >= 15 is 0 Å². The van der Waals surface area contributed by atoms with Crippen LogP contribution in [0.1, 0.15) is 12.0 Å². The molecule has 1 saturated heterocycles. The summed E-state index contributed by atoms with van der Waals surface area (Å²) in [5.74, 6) is 2.93. The Kier molecular flexibility index (Phi) is 6.75. The fraction of sp³-hybridized carbons (Fsp3) is 0.208. The SMILES string of the molecule is COc1ccc(N2CCC2=O)cc1-n1c(NSCCc2ccc(Cl)cc2)nnc1-c1cccs1. The Morgan fingerprint density at radius 2 is 2.03 bits per heavy atom. The van der Waals surface area contributed by atoms with Gasteiger partial charge in [0.2, 0.25) is 11.9 Å². The molecule has 0 aliphatic carbocycles. The van der Waals surface area contributed by atoms with Gasteiger partial charge < -0.3 is 9.64 Å². The topological polar surface area (TPSA) is 72.3 Å². The van der Waals surface area contributed by atoms with Crippen molar-refractivity contribution in [3.8, 4) is 22.1 Å². The molecule has 0 atom stereocenters. The van der Waals surface area contributed by atoms with E-state index in [9.17, 15) is 4.79 Å². The molecule has 10 heteroatoms. The highest BCUT2D eigenvalue weighted by Crippen LogP contribution is 2.36. The predicted molar refractivity (Wildman–Crippen MR) is 139 cm³/mol. The van der Waals surface area contributed by atoms with Crippen LogP contribution in [0.3, 0.4) is 0 Å². The Hall–Kier alpha value is -3.01. The van der Waals surface area contributed by atoms with Gasteiger partial charge in [0.25, 0.3) is 0 Å². The smallest absolute Gasteiger partial charge is 0.239 e. The number of halogens is 1. The van der Waals surface area contributed by atoms with Crippen molar-refractivity contribution in [1.29, 1.82) is 0 Å². The van der Waals surface area contributed by atoms with Crippen LogP contribution in [0, 0.1) is 0 Å². The summed E-state index contributed by atoms with van der Waals surface area (Å²) < 4.78 is 11.0. The molecule has 34 heavy (non-hydrogen) atoms. The van der Waals surface area contributed by atoms with Crippen LogP contribution in [0.2, 0.25) is 5.02 Å². The van der Waals surface area contributed by atoms with Crippen molar-refractivity contribution in [1.82, 2.24) is 14.8 Å². The molecule has 2 aromatic carbocycles. The van der Waals surface area contributed by atoms with E-state index in [0.29, 0.717) is 23.9 Å². The van der Waals surface area contributed by atoms with Crippen molar-refractivity contribution in [3.05, 3.63) is 70.6 Å². The van der Waals surface area contributed by atoms with Gasteiger partial charge >= 0.3 is 0 Å². The first kappa shape index (κ1) is 22.8. The number of carbonyl (C=O) groups excluding carboxylic acids is 1. The number of benzene rings is 2. The summed E-state index contributed by atoms with van der Waals surface area (Å²) >= 11 is 9.13. The normalized spacial score (nSPS) is 13.1. The van der Waals surface area contributed by atoms with Crippen LogP contribution in [0.15, 0.2) is 60.0 Å². The second kappa shape index (κ2) is 10.1. The lowest BCUT2D eigenvalue weighted by molar-refractivity contribution is -0.122. The molecule has 1 aliphatic heterocycles. The molecule has 4 aromatic rings. The molecule has 5 rings (SSSR count). The predicted octanol–water partition coefficient (Wildman–Crippen LogP) is 5.70. The van der Waals surface area contributed by atoms with Crippen molar-refractivity contribution in [2.45, 2.75) is 12.8 Å². The van der Waals surface area contributed by atoms with Crippen LogP contribution < -0.4 is 14.4 Å². The summed E-state index contributed by atoms with van der Waals surface area (Å²) in [6, 6.07) is 17.6. The van der Waals surface area contributed by atoms with E-state index in [2.05, 4.69) is 14.9 Å². The van der Waals surface area contributed by atoms with Crippen molar-refractivity contribution in [3.63, 3.8) is 0 Å². The molecule has 3 heterocycles. The number of hydrogen-bond acceptors (Lipinski definition) is 7. The van der Waals surface area contributed by atoms with E-state index in [1.807, 2.05) is 64.5 Å². The maximum Gasteiger partial charge on any atom is 0.239 e. The molecule has 7 nitrogen and oxygen atoms in total. The summed E-state index contributed by atoms with van der Waals surface area (Å²) in [6.07, 6.45) is 1.46. The van der Waals surface area contributed by atoms with Crippen molar-refractivity contribution < 1.29 is 9.53 Å². The minimum atomic E-state index is 0.120. The lowest BCUT2D eigenvalue weighted by Crippen LogP contribution is -2.43. The maximum atomic E-state index is 12.1. The van der Waals surface area contributed by atoms with Crippen LogP contribution in [0.5, 0.6) is 5.75 Å². The molecule has 0 bridgehead atoms. The number of anilines is 2. The number of nitrogens with zero attached hydrogens (tertiary/aromatic N) is 4. The molecule has 0 spiro atoms. The lowest BCUT2D eigenvalue weighted by Gasteiger charge is -2.31. The number of hydrogen-bond donors (Lipinski definition) is 1. The first-order valence-corrected chi connectivity index (χ1v) is 13.0. The lowest BCUT2D eigenvalue weighted by atomic mass is 10.1. The number of thiophene rings is 1. The fourth-order valence-corrected chi connectivity index (χ4v) is 5.21. The van der Waals surface area contributed by atoms with Gasteiger partial charge in [-0.25, -0.2) is 0 Å². The van der Waals surface area contributed by atoms with E-state index in [-0.39, 0.29) is 5.91 Å². The van der Waals surface area contributed by atoms with Gasteiger partial charge in [0.1, 0.15) is 5.75 Å². The van der Waals surface area contributed by atoms with Gasteiger partial charge in [-0.1, -0.05) is 29.8 Å². The maximum absolute atomic E-state index is 12.1. The molecular formula is C24H22ClN5O2S2. The first-order chi connectivity index (χ1) is 16.6. The molecule has 0 saturated carbocycles. The van der Waals surface area contributed by atoms with E-state index in [1.165, 1.54) is 5.56 Å². The average molecular weight is 512 g/mol. The minimum Gasteiger partial charge on any atom is -0.495 e. The number of β-lactam (4-membered cyclic amide) rings is 1. The summed E-state index contributed by atoms with van der Waals surface area (Å²) in [6.45, 7) is 0.718. The summed E-state index contributed by atoms with van der Waals surface area (Å²) in [5.41, 5.74) is 2.82. The monoisotopic (exact) mass is 511 g/mol. The van der Waals surface area contributed by atoms with Crippen molar-refractivity contribution in [2.24, 2.45) is 0 Å². The number of nitrogens with one attached hydrogen (secondary N) is 1. The first-order valence-electron chi connectivity index (χ1n) is 10.7. The molecule has 2 aromatic heterocycles. The van der Waals surface area contributed by atoms with E-state index in [1.54, 1.807) is 35.3 Å². The fourth-order valence-electron chi connectivity index (χ4n) is 3.69. The molecule has 0 radical (unpaired) electrons. The zero-order valence-corrected chi connectivity index (χ0v) is 20.8. The third-order valence-corrected chi connectivity index (χ3v) is 7.39. The Morgan fingerprint density at radius 3 is 2.71 bits per heavy atom. The van der Waals surface area contributed by atoms with Gasteiger partial charge in [0.05, 0.1) is 17.7 Å². The average Bonchev–Trinajstić information content (AvgIpc) is 3.52. The number of aromatic nitrogens is 3. The van der Waals surface area contributed by atoms with Crippen LogP contribution >= 0.6 is 34.9 Å². The Bertz CT molecular complexity index is 1290. The quantitative estimate of drug-likeness (QED) is 0.177. The van der Waals surface area contributed by atoms with Crippen LogP contribution in [0.4, 0.5) is 11.6 Å². The van der Waals surface area contributed by atoms with E-state index < -0.39 is 0 Å². The largest absolute Gasteiger partial charge is 0.495 e. The van der Waals surface area contributed by atoms with Gasteiger partial charge in [-0.2, -0.15) is 0 Å². The zero-order valence-electron chi connectivity index (χ0n) is 18.4. The standard InChI is InChI=1S/C24H22ClN5O2S2/c1-32-20-9-8-18(29-12-10-22(29)31)15-19(20)30-23(21-3-2-13-33-21)26-27-24(30)28-34-14-11-16-4-6-17(25)7-5-16/h2-9,13,15H,10-12,14H2,1H3,(H,27,28). The third-order valence-electron chi connectivity index (χ3n) is 5.54. The second-order valence-corrected chi connectivity index (χ2v) is 9.92. The van der Waals surface area contributed by atoms with E-state index in [0.717, 1.165) is 40.0 Å². The van der Waals surface area contributed by atoms with Gasteiger partial charge in [-0.3, -0.25) is 14.1 Å². The highest BCUT2D eigenvalue weighted by atomic mass is 35.5. The molecule has 0 unspecified atom stereocenters. The third kappa shape index (κ3) is 4.64. The molecule has 1 amide bonds. The zero-order chi connectivity index (χ0) is 23.5. The van der Waals surface area contributed by atoms with Gasteiger partial charge in [0, 0.05) is 29.4 Å². The number of amides is 1. The highest BCUT2D eigenvalue weighted by Gasteiger charge is 2.27. The minimum absolute atomic E-state index is 0.120. The highest BCUT2D eigenvalue weighted by molar-refractivity contribution is 8.00. The van der Waals surface area contributed by atoms with Crippen molar-refractivity contribution in [2.75, 3.05) is 29.0 Å². The number of rotatable bonds is 9. The van der Waals surface area contributed by atoms with Crippen LogP contribution in [-0.4, -0.2) is 40.1 Å². The van der Waals surface area contributed by atoms with Crippen LogP contribution in [-0.2, 0) is 11.2 Å². The molecule has 174 valence electrons. The Morgan fingerprint density at radius 1 is 1.18 bits per heavy atom. The molecule has 1 N–H and O–H groups in total. The molecular weight excluding hydrogens is 490 g/mol. The Balaban J connectivity index is 1.44. The van der Waals surface area contributed by atoms with E-state index in [4.69, 9.17) is 16.3 Å². The summed E-state index contributed by atoms with van der Waals surface area (Å²) in [5, 5.41) is 11.7. The summed E-state index contributed by atoms with van der Waals surface area (Å²) in [4.78, 5) is 14.8. The number of ether oxygens (including phenoxy) is 1. The van der Waals surface area contributed by atoms with Gasteiger partial charge in [-0.05, 0) is 65.7 Å². The number of aryl methyl sites for hydroxylation is 1. The molecule has 1 fully saturated rings.